The second-order valence-corrected chi connectivity index (χ2v) is 4.65. The van der Waals surface area contributed by atoms with Crippen molar-refractivity contribution in [3.63, 3.8) is 0 Å². The first-order chi connectivity index (χ1) is 6.35. The third kappa shape index (κ3) is 2.69. The van der Waals surface area contributed by atoms with E-state index in [-0.39, 0.29) is 5.41 Å². The summed E-state index contributed by atoms with van der Waals surface area (Å²) in [6.07, 6.45) is 0.975. The Hall–Kier alpha value is -0.120. The van der Waals surface area contributed by atoms with Crippen molar-refractivity contribution in [3.8, 4) is 0 Å². The van der Waals surface area contributed by atoms with Crippen molar-refractivity contribution < 1.29 is 14.2 Å². The summed E-state index contributed by atoms with van der Waals surface area (Å²) in [5.74, 6) is -0.373. The van der Waals surface area contributed by atoms with Crippen LogP contribution in [0, 0.1) is 11.3 Å². The number of hydrogen-bond acceptors (Lipinski definition) is 3. The second-order valence-electron chi connectivity index (χ2n) is 4.65. The Morgan fingerprint density at radius 2 is 1.29 bits per heavy atom. The van der Waals surface area contributed by atoms with E-state index in [1.807, 2.05) is 0 Å². The van der Waals surface area contributed by atoms with Crippen LogP contribution in [0.3, 0.4) is 0 Å². The molecule has 0 bridgehead atoms. The van der Waals surface area contributed by atoms with Gasteiger partial charge in [0.05, 0.1) is 0 Å². The van der Waals surface area contributed by atoms with Gasteiger partial charge < -0.3 is 14.2 Å². The second kappa shape index (κ2) is 5.10. The minimum absolute atomic E-state index is 0.181. The van der Waals surface area contributed by atoms with Crippen molar-refractivity contribution in [2.75, 3.05) is 21.3 Å². The van der Waals surface area contributed by atoms with Crippen LogP contribution in [0.25, 0.3) is 0 Å². The van der Waals surface area contributed by atoms with E-state index in [4.69, 9.17) is 14.2 Å². The standard InChI is InChI=1S/C11H24O3/c1-9(2)8-10(3,4)11(12-5,13-6)14-7/h9H,8H2,1-7H3. The van der Waals surface area contributed by atoms with Crippen LogP contribution < -0.4 is 0 Å². The van der Waals surface area contributed by atoms with Crippen LogP contribution in [0.4, 0.5) is 0 Å². The molecule has 0 aliphatic heterocycles. The molecule has 0 aliphatic carbocycles. The fourth-order valence-corrected chi connectivity index (χ4v) is 2.22. The van der Waals surface area contributed by atoms with Gasteiger partial charge in [0, 0.05) is 26.7 Å². The first kappa shape index (κ1) is 13.9. The van der Waals surface area contributed by atoms with Crippen molar-refractivity contribution in [2.24, 2.45) is 11.3 Å². The van der Waals surface area contributed by atoms with Crippen LogP contribution in [-0.4, -0.2) is 27.3 Å². The molecule has 0 amide bonds. The topological polar surface area (TPSA) is 27.7 Å². The van der Waals surface area contributed by atoms with Crippen molar-refractivity contribution in [2.45, 2.75) is 40.1 Å². The molecule has 0 fully saturated rings. The third-order valence-corrected chi connectivity index (χ3v) is 2.55. The van der Waals surface area contributed by atoms with Crippen LogP contribution in [0.15, 0.2) is 0 Å². The molecule has 0 unspecified atom stereocenters. The van der Waals surface area contributed by atoms with E-state index in [9.17, 15) is 0 Å². The fourth-order valence-electron chi connectivity index (χ4n) is 2.22. The van der Waals surface area contributed by atoms with Crippen LogP contribution >= 0.6 is 0 Å². The Bertz CT molecular complexity index is 152. The molecule has 0 saturated heterocycles. The lowest BCUT2D eigenvalue weighted by Crippen LogP contribution is -2.50. The molecule has 0 aromatic rings. The highest BCUT2D eigenvalue weighted by Crippen LogP contribution is 2.40. The Balaban J connectivity index is 4.78. The molecule has 0 aliphatic rings. The van der Waals surface area contributed by atoms with Gasteiger partial charge in [-0.05, 0) is 12.3 Å². The average molecular weight is 204 g/mol. The molecule has 0 radical (unpaired) electrons. The zero-order valence-electron chi connectivity index (χ0n) is 10.5. The Kier molecular flexibility index (Phi) is 5.06. The SMILES string of the molecule is COC(OC)(OC)C(C)(C)CC(C)C. The van der Waals surface area contributed by atoms with E-state index in [1.54, 1.807) is 21.3 Å². The van der Waals surface area contributed by atoms with E-state index < -0.39 is 5.97 Å². The van der Waals surface area contributed by atoms with Gasteiger partial charge >= 0.3 is 0 Å². The van der Waals surface area contributed by atoms with Crippen LogP contribution in [0.1, 0.15) is 34.1 Å². The van der Waals surface area contributed by atoms with Crippen molar-refractivity contribution in [1.82, 2.24) is 0 Å². The molecule has 0 aromatic carbocycles. The number of hydrogen-bond donors (Lipinski definition) is 0. The lowest BCUT2D eigenvalue weighted by atomic mass is 9.81. The van der Waals surface area contributed by atoms with E-state index in [1.165, 1.54) is 0 Å². The highest BCUT2D eigenvalue weighted by atomic mass is 16.9. The Morgan fingerprint density at radius 3 is 1.50 bits per heavy atom. The summed E-state index contributed by atoms with van der Waals surface area (Å²) in [7, 11) is 4.82. The molecule has 0 spiro atoms. The average Bonchev–Trinajstić information content (AvgIpc) is 2.05. The van der Waals surface area contributed by atoms with Crippen molar-refractivity contribution >= 4 is 0 Å². The van der Waals surface area contributed by atoms with Gasteiger partial charge in [0.15, 0.2) is 0 Å². The molecule has 0 rings (SSSR count). The molecule has 3 nitrogen and oxygen atoms in total. The smallest absolute Gasteiger partial charge is 0.287 e. The number of ether oxygens (including phenoxy) is 3. The number of methoxy groups -OCH3 is 3. The van der Waals surface area contributed by atoms with Gasteiger partial charge in [-0.25, -0.2) is 0 Å². The van der Waals surface area contributed by atoms with Gasteiger partial charge in [-0.2, -0.15) is 0 Å². The first-order valence-electron chi connectivity index (χ1n) is 5.00. The van der Waals surface area contributed by atoms with Gasteiger partial charge in [0.1, 0.15) is 0 Å². The van der Waals surface area contributed by atoms with Gasteiger partial charge in [0.2, 0.25) is 0 Å². The highest BCUT2D eigenvalue weighted by molar-refractivity contribution is 4.80. The maximum atomic E-state index is 5.36. The maximum Gasteiger partial charge on any atom is 0.287 e. The molecule has 0 atom stereocenters. The monoisotopic (exact) mass is 204 g/mol. The lowest BCUT2D eigenvalue weighted by Gasteiger charge is -2.43. The summed E-state index contributed by atoms with van der Waals surface area (Å²) in [5.41, 5.74) is -0.181. The molecule has 0 heterocycles. The maximum absolute atomic E-state index is 5.36. The summed E-state index contributed by atoms with van der Waals surface area (Å²) < 4.78 is 16.1. The van der Waals surface area contributed by atoms with E-state index in [0.29, 0.717) is 5.92 Å². The summed E-state index contributed by atoms with van der Waals surface area (Å²) in [4.78, 5) is 0. The molecule has 3 heteroatoms. The molecule has 86 valence electrons. The summed E-state index contributed by atoms with van der Waals surface area (Å²) in [6.45, 7) is 8.52. The summed E-state index contributed by atoms with van der Waals surface area (Å²) in [6, 6.07) is 0. The highest BCUT2D eigenvalue weighted by Gasteiger charge is 2.47. The predicted octanol–water partition coefficient (Wildman–Crippen LogP) is 2.65. The predicted molar refractivity (Wildman–Crippen MR) is 57.0 cm³/mol. The van der Waals surface area contributed by atoms with Crippen molar-refractivity contribution in [3.05, 3.63) is 0 Å². The third-order valence-electron chi connectivity index (χ3n) is 2.55. The molecule has 0 N–H and O–H groups in total. The van der Waals surface area contributed by atoms with E-state index in [2.05, 4.69) is 27.7 Å². The molecule has 0 aromatic heterocycles. The van der Waals surface area contributed by atoms with Crippen LogP contribution in [0.2, 0.25) is 0 Å². The summed E-state index contributed by atoms with van der Waals surface area (Å²) in [5, 5.41) is 0. The molecular formula is C11H24O3. The lowest BCUT2D eigenvalue weighted by molar-refractivity contribution is -0.402. The first-order valence-corrected chi connectivity index (χ1v) is 5.00. The Labute approximate surface area is 87.7 Å². The van der Waals surface area contributed by atoms with Gasteiger partial charge in [-0.3, -0.25) is 0 Å². The largest absolute Gasteiger partial charge is 0.330 e. The quantitative estimate of drug-likeness (QED) is 0.622. The van der Waals surface area contributed by atoms with Crippen molar-refractivity contribution in [1.29, 1.82) is 0 Å². The summed E-state index contributed by atoms with van der Waals surface area (Å²) >= 11 is 0. The fraction of sp³-hybridized carbons (Fsp3) is 1.00. The van der Waals surface area contributed by atoms with Gasteiger partial charge in [-0.15, -0.1) is 0 Å². The minimum Gasteiger partial charge on any atom is -0.330 e. The molecule has 0 saturated carbocycles. The van der Waals surface area contributed by atoms with Crippen LogP contribution in [-0.2, 0) is 14.2 Å². The minimum atomic E-state index is -0.947. The zero-order valence-corrected chi connectivity index (χ0v) is 10.5. The number of rotatable bonds is 6. The molecule has 14 heavy (non-hydrogen) atoms. The van der Waals surface area contributed by atoms with E-state index >= 15 is 0 Å². The van der Waals surface area contributed by atoms with E-state index in [0.717, 1.165) is 6.42 Å². The van der Waals surface area contributed by atoms with Gasteiger partial charge in [0.25, 0.3) is 5.97 Å². The Morgan fingerprint density at radius 1 is 0.929 bits per heavy atom. The zero-order chi connectivity index (χ0) is 11.4. The molecular weight excluding hydrogens is 180 g/mol. The van der Waals surface area contributed by atoms with Gasteiger partial charge in [-0.1, -0.05) is 27.7 Å². The van der Waals surface area contributed by atoms with Crippen LogP contribution in [0.5, 0.6) is 0 Å². The normalized spacial score (nSPS) is 13.7.